The van der Waals surface area contributed by atoms with Crippen LogP contribution in [0.5, 0.6) is 0 Å². The third-order valence-electron chi connectivity index (χ3n) is 16.9. The Morgan fingerprint density at radius 3 is 0.737 bits per heavy atom. The number of ether oxygens (including phenoxy) is 16. The van der Waals surface area contributed by atoms with E-state index in [2.05, 4.69) is 0 Å². The van der Waals surface area contributed by atoms with Gasteiger partial charge in [-0.2, -0.15) is 16.8 Å². The molecular weight excluding hydrogens is 1370 g/mol. The number of hydrogen-bond donors (Lipinski definition) is 21. The number of rotatable bonds is 19. The molecule has 21 N–H and O–H groups in total. The molecule has 2 radical (unpaired) electrons. The van der Waals surface area contributed by atoms with E-state index in [9.17, 15) is 123 Å². The second kappa shape index (κ2) is 37.4. The van der Waals surface area contributed by atoms with Crippen molar-refractivity contribution < 1.29 is 199 Å². The molecule has 95 heavy (non-hydrogen) atoms. The van der Waals surface area contributed by atoms with Crippen LogP contribution in [0.25, 0.3) is 0 Å². The van der Waals surface area contributed by atoms with E-state index in [1.807, 2.05) is 0 Å². The monoisotopic (exact) mass is 1450 g/mol. The number of unbranched alkanes of at least 4 members (excludes halogenated alkanes) is 2. The van der Waals surface area contributed by atoms with Gasteiger partial charge in [-0.15, -0.1) is 0 Å². The first-order valence-corrected chi connectivity index (χ1v) is 33.0. The number of aliphatic hydroxyl groups is 19. The molecule has 0 aromatic rings. The van der Waals surface area contributed by atoms with Crippen molar-refractivity contribution in [3.63, 3.8) is 0 Å². The van der Waals surface area contributed by atoms with Crippen LogP contribution in [0.2, 0.25) is 0 Å². The van der Waals surface area contributed by atoms with Gasteiger partial charge in [0.05, 0.1) is 57.8 Å². The van der Waals surface area contributed by atoms with Crippen LogP contribution in [0.3, 0.4) is 0 Å². The minimum Gasteiger partial charge on any atom is -0.394 e. The Labute approximate surface area is 586 Å². The van der Waals surface area contributed by atoms with Gasteiger partial charge < -0.3 is 173 Å². The Hall–Kier alpha value is 0.420. The summed E-state index contributed by atoms with van der Waals surface area (Å²) in [4.78, 5) is 0. The van der Waals surface area contributed by atoms with Crippen molar-refractivity contribution >= 4 is 79.4 Å². The molecule has 21 fully saturated rings. The Morgan fingerprint density at radius 1 is 0.274 bits per heavy atom. The standard InChI is InChI=1S/C50H86O41S2.2Na/c51-9-16-36-23(57)29(63)45(78-16)86-38-18(11-53)80-47(31(65)25(38)59)88-40-20(13-55)82-49(33(67)27(40)61)90-42-22(15-76-5-1-3-7-92(70,71)72)84-50(43(35(42)69)77-6-2-4-8-93(73,74)75)91-41-21(14-56)83-48(34(68)28(41)62)89-39-19(12-54)81-46(32(66)26(39)60)87-37-17(10-52)79-44(85-36)30(64)24(37)58;;/h16-69H,1-15H2,(H,70,71,72)(H,73,74,75);;. The van der Waals surface area contributed by atoms with Gasteiger partial charge in [0, 0.05) is 72.3 Å². The Kier molecular flexibility index (Phi) is 33.2. The van der Waals surface area contributed by atoms with Gasteiger partial charge in [-0.1, -0.05) is 0 Å². The summed E-state index contributed by atoms with van der Waals surface area (Å²) in [6.45, 7) is -8.07. The van der Waals surface area contributed by atoms with Gasteiger partial charge in [-0.25, -0.2) is 0 Å². The van der Waals surface area contributed by atoms with Gasteiger partial charge in [-0.05, 0) is 25.7 Å². The maximum atomic E-state index is 12.3. The van der Waals surface area contributed by atoms with Crippen molar-refractivity contribution in [3.8, 4) is 0 Å². The summed E-state index contributed by atoms with van der Waals surface area (Å²) in [5.74, 6) is -1.44. The van der Waals surface area contributed by atoms with Crippen LogP contribution in [0.15, 0.2) is 0 Å². The zero-order valence-electron chi connectivity index (χ0n) is 51.2. The third kappa shape index (κ3) is 20.3. The van der Waals surface area contributed by atoms with E-state index in [-0.39, 0.29) is 91.4 Å². The Balaban J connectivity index is 0.00000714. The first-order chi connectivity index (χ1) is 44.0. The average Bonchev–Trinajstić information content (AvgIpc) is 0.787. The molecule has 0 saturated carbocycles. The van der Waals surface area contributed by atoms with E-state index in [1.54, 1.807) is 0 Å². The van der Waals surface area contributed by atoms with Gasteiger partial charge in [-0.3, -0.25) is 9.11 Å². The molecule has 35 unspecified atom stereocenters. The summed E-state index contributed by atoms with van der Waals surface area (Å²) in [5.41, 5.74) is 0. The van der Waals surface area contributed by atoms with Gasteiger partial charge >= 0.3 is 0 Å². The van der Waals surface area contributed by atoms with E-state index < -0.39 is 300 Å². The van der Waals surface area contributed by atoms with Crippen LogP contribution in [-0.4, -0.2) is 468 Å². The van der Waals surface area contributed by atoms with Crippen LogP contribution in [0.4, 0.5) is 0 Å². The molecule has 21 aliphatic heterocycles. The fourth-order valence-electron chi connectivity index (χ4n) is 11.9. The van der Waals surface area contributed by atoms with Gasteiger partial charge in [0.15, 0.2) is 44.0 Å². The van der Waals surface area contributed by atoms with Gasteiger partial charge in [0.25, 0.3) is 20.2 Å². The SMILES string of the molecule is O=S(=O)(O)CCCCOCC1OC2OC3C(CO)OC(OC4C(CO)OC(OC5C(CO)OC(OC6C(CO)OC(OC7C(CO)OC(OC8C(CO)OC(OC1C(O)C2OCCCCS(=O)(=O)O)C(O)C8O)C(O)C7O)C(O)C6O)C(O)C5O)C(O)C4O)C(O)C3O.[Na].[Na]. The fraction of sp³-hybridized carbons (Fsp3) is 1.00. The Morgan fingerprint density at radius 2 is 0.495 bits per heavy atom. The summed E-state index contributed by atoms with van der Waals surface area (Å²) in [5, 5.41) is 214. The van der Waals surface area contributed by atoms with Crippen LogP contribution in [-0.2, 0) is 96.0 Å². The largest absolute Gasteiger partial charge is 0.394 e. The molecule has 0 spiro atoms. The molecule has 0 aromatic heterocycles. The predicted octanol–water partition coefficient (Wildman–Crippen LogP) is -14.6. The van der Waals surface area contributed by atoms with Crippen molar-refractivity contribution in [3.05, 3.63) is 0 Å². The molecular formula is C50H86Na2O41S2. The number of hydrogen-bond acceptors (Lipinski definition) is 39. The average molecular weight is 1450 g/mol. The summed E-state index contributed by atoms with van der Waals surface area (Å²) in [6, 6.07) is 0. The molecule has 45 heteroatoms. The van der Waals surface area contributed by atoms with Crippen molar-refractivity contribution in [1.29, 1.82) is 0 Å². The van der Waals surface area contributed by atoms with E-state index in [1.165, 1.54) is 0 Å². The molecule has 21 aliphatic rings. The van der Waals surface area contributed by atoms with Crippen molar-refractivity contribution in [2.45, 2.75) is 241 Å². The first-order valence-electron chi connectivity index (χ1n) is 29.8. The zero-order valence-corrected chi connectivity index (χ0v) is 56.8. The van der Waals surface area contributed by atoms with Crippen LogP contribution in [0, 0.1) is 0 Å². The molecule has 35 atom stereocenters. The topological polar surface area (TPSA) is 641 Å². The predicted molar refractivity (Wildman–Crippen MR) is 299 cm³/mol. The van der Waals surface area contributed by atoms with E-state index in [4.69, 9.17) is 75.8 Å². The molecule has 0 amide bonds. The van der Waals surface area contributed by atoms with Gasteiger partial charge in [0.1, 0.15) is 171 Å². The van der Waals surface area contributed by atoms with Crippen LogP contribution < -0.4 is 0 Å². The normalized spacial score (nSPS) is 47.2. The molecule has 21 heterocycles. The molecule has 0 aliphatic carbocycles. The molecule has 41 nitrogen and oxygen atoms in total. The third-order valence-corrected chi connectivity index (χ3v) is 18.5. The molecule has 0 aromatic carbocycles. The first kappa shape index (κ1) is 84.4. The van der Waals surface area contributed by atoms with Crippen molar-refractivity contribution in [2.24, 2.45) is 0 Å². The zero-order chi connectivity index (χ0) is 68.1. The van der Waals surface area contributed by atoms with Crippen LogP contribution >= 0.6 is 0 Å². The minimum atomic E-state index is -4.50. The molecule has 14 bridgehead atoms. The molecule has 546 valence electrons. The van der Waals surface area contributed by atoms with Crippen molar-refractivity contribution in [2.75, 3.05) is 71.0 Å². The maximum absolute atomic E-state index is 12.3. The maximum Gasteiger partial charge on any atom is 0.264 e. The van der Waals surface area contributed by atoms with E-state index in [0.717, 1.165) is 0 Å². The van der Waals surface area contributed by atoms with Crippen molar-refractivity contribution in [1.82, 2.24) is 0 Å². The number of aliphatic hydroxyl groups excluding tert-OH is 19. The molecule has 21 rings (SSSR count). The van der Waals surface area contributed by atoms with Crippen LogP contribution in [0.1, 0.15) is 25.7 Å². The fourth-order valence-corrected chi connectivity index (χ4v) is 13.0. The van der Waals surface area contributed by atoms with Gasteiger partial charge in [0.2, 0.25) is 0 Å². The van der Waals surface area contributed by atoms with E-state index in [0.29, 0.717) is 0 Å². The summed E-state index contributed by atoms with van der Waals surface area (Å²) in [6.07, 6.45) is -72.5. The second-order valence-corrected chi connectivity index (χ2v) is 26.5. The summed E-state index contributed by atoms with van der Waals surface area (Å²) in [7, 11) is -8.92. The summed E-state index contributed by atoms with van der Waals surface area (Å²) >= 11 is 0. The second-order valence-electron chi connectivity index (χ2n) is 23.4. The molecule has 21 saturated heterocycles. The summed E-state index contributed by atoms with van der Waals surface area (Å²) < 4.78 is 158. The van der Waals surface area contributed by atoms with E-state index >= 15 is 0 Å². The quantitative estimate of drug-likeness (QED) is 0.0324. The minimum absolute atomic E-state index is 0. The Bertz CT molecular complexity index is 2500. The smallest absolute Gasteiger partial charge is 0.264 e.